The highest BCUT2D eigenvalue weighted by molar-refractivity contribution is 5.90. The number of ether oxygens (including phenoxy) is 1. The summed E-state index contributed by atoms with van der Waals surface area (Å²) in [5.41, 5.74) is 0.747. The second-order valence-corrected chi connectivity index (χ2v) is 7.77. The Hall–Kier alpha value is -2.63. The largest absolute Gasteiger partial charge is 0.379 e. The molecule has 0 aliphatic carbocycles. The fourth-order valence-corrected chi connectivity index (χ4v) is 3.95. The molecule has 0 spiro atoms. The van der Waals surface area contributed by atoms with Crippen LogP contribution in [0.2, 0.25) is 0 Å². The van der Waals surface area contributed by atoms with Gasteiger partial charge in [-0.05, 0) is 25.0 Å². The van der Waals surface area contributed by atoms with Crippen LogP contribution in [0.25, 0.3) is 0 Å². The molecule has 1 aromatic rings. The van der Waals surface area contributed by atoms with Crippen molar-refractivity contribution in [3.05, 3.63) is 30.3 Å². The lowest BCUT2D eigenvalue weighted by molar-refractivity contribution is -0.137. The number of carbonyl (C=O) groups excluding carboxylic acids is 2. The number of anilines is 1. The summed E-state index contributed by atoms with van der Waals surface area (Å²) in [6.45, 7) is 6.08. The van der Waals surface area contributed by atoms with E-state index in [1.807, 2.05) is 35.2 Å². The third kappa shape index (κ3) is 6.44. The van der Waals surface area contributed by atoms with Crippen molar-refractivity contribution in [3.63, 3.8) is 0 Å². The number of nitrogens with one attached hydrogen (secondary N) is 1. The Morgan fingerprint density at radius 1 is 1.17 bits per heavy atom. The van der Waals surface area contributed by atoms with Crippen molar-refractivity contribution in [1.29, 1.82) is 5.26 Å². The molecular weight excluding hydrogens is 382 g/mol. The molecule has 2 heterocycles. The number of amides is 3. The first-order valence-corrected chi connectivity index (χ1v) is 10.7. The average Bonchev–Trinajstić information content (AvgIpc) is 2.80. The molecule has 1 N–H and O–H groups in total. The number of benzene rings is 1. The van der Waals surface area contributed by atoms with Gasteiger partial charge in [-0.2, -0.15) is 5.26 Å². The second kappa shape index (κ2) is 11.5. The first-order valence-electron chi connectivity index (χ1n) is 10.7. The predicted molar refractivity (Wildman–Crippen MR) is 114 cm³/mol. The molecule has 1 aromatic carbocycles. The van der Waals surface area contributed by atoms with Crippen LogP contribution in [0.5, 0.6) is 0 Å². The van der Waals surface area contributed by atoms with Crippen LogP contribution >= 0.6 is 0 Å². The molecule has 8 heteroatoms. The van der Waals surface area contributed by atoms with Crippen molar-refractivity contribution in [1.82, 2.24) is 14.7 Å². The highest BCUT2D eigenvalue weighted by Crippen LogP contribution is 2.20. The van der Waals surface area contributed by atoms with Gasteiger partial charge in [0.05, 0.1) is 31.6 Å². The van der Waals surface area contributed by atoms with E-state index in [2.05, 4.69) is 16.3 Å². The number of para-hydroxylation sites is 1. The number of piperidine rings is 1. The Morgan fingerprint density at radius 2 is 1.93 bits per heavy atom. The normalized spacial score (nSPS) is 19.7. The van der Waals surface area contributed by atoms with Crippen molar-refractivity contribution in [2.75, 3.05) is 64.3 Å². The van der Waals surface area contributed by atoms with Crippen LogP contribution < -0.4 is 5.32 Å². The lowest BCUT2D eigenvalue weighted by atomic mass is 9.96. The minimum Gasteiger partial charge on any atom is -0.379 e. The molecule has 3 rings (SSSR count). The van der Waals surface area contributed by atoms with Crippen LogP contribution in [-0.2, 0) is 9.53 Å². The summed E-state index contributed by atoms with van der Waals surface area (Å²) in [4.78, 5) is 31.7. The Kier molecular flexibility index (Phi) is 8.48. The first-order chi connectivity index (χ1) is 14.7. The minimum atomic E-state index is -0.219. The SMILES string of the molecule is N#CCCN(CCN1CCOCC1)C(=O)[C@@H]1CCCN(C(=O)Nc2ccccc2)C1. The fraction of sp³-hybridized carbons (Fsp3) is 0.591. The lowest BCUT2D eigenvalue weighted by Crippen LogP contribution is -2.50. The van der Waals surface area contributed by atoms with Gasteiger partial charge in [0, 0.05) is 51.5 Å². The van der Waals surface area contributed by atoms with E-state index in [9.17, 15) is 9.59 Å². The molecule has 0 saturated carbocycles. The summed E-state index contributed by atoms with van der Waals surface area (Å²) in [6.07, 6.45) is 1.89. The number of rotatable bonds is 7. The molecule has 3 amide bonds. The molecule has 0 radical (unpaired) electrons. The predicted octanol–water partition coefficient (Wildman–Crippen LogP) is 2.00. The molecule has 2 saturated heterocycles. The zero-order valence-corrected chi connectivity index (χ0v) is 17.5. The number of likely N-dealkylation sites (tertiary alicyclic amines) is 1. The van der Waals surface area contributed by atoms with E-state index in [0.29, 0.717) is 32.6 Å². The Bertz CT molecular complexity index is 730. The molecule has 1 atom stereocenters. The van der Waals surface area contributed by atoms with Crippen LogP contribution in [0.4, 0.5) is 10.5 Å². The highest BCUT2D eigenvalue weighted by Gasteiger charge is 2.31. The Labute approximate surface area is 178 Å². The summed E-state index contributed by atoms with van der Waals surface area (Å²) >= 11 is 0. The minimum absolute atomic E-state index is 0.0516. The van der Waals surface area contributed by atoms with Crippen LogP contribution in [0.3, 0.4) is 0 Å². The van der Waals surface area contributed by atoms with Gasteiger partial charge in [-0.15, -0.1) is 0 Å². The summed E-state index contributed by atoms with van der Waals surface area (Å²) in [7, 11) is 0. The number of carbonyl (C=O) groups is 2. The molecule has 2 aliphatic heterocycles. The molecule has 162 valence electrons. The van der Waals surface area contributed by atoms with E-state index in [1.165, 1.54) is 0 Å². The standard InChI is InChI=1S/C22H31N5O3/c23-9-5-11-26(13-12-25-14-16-30-17-15-25)21(28)19-6-4-10-27(18-19)22(29)24-20-7-2-1-3-8-20/h1-3,7-8,19H,4-6,10-18H2,(H,24,29)/t19-/m1/s1. The van der Waals surface area contributed by atoms with E-state index in [4.69, 9.17) is 10.00 Å². The molecule has 0 unspecified atom stereocenters. The fourth-order valence-electron chi connectivity index (χ4n) is 3.95. The van der Waals surface area contributed by atoms with Crippen LogP contribution in [0.1, 0.15) is 19.3 Å². The maximum absolute atomic E-state index is 13.2. The van der Waals surface area contributed by atoms with E-state index >= 15 is 0 Å². The van der Waals surface area contributed by atoms with Crippen molar-refractivity contribution >= 4 is 17.6 Å². The van der Waals surface area contributed by atoms with Gasteiger partial charge in [0.25, 0.3) is 0 Å². The third-order valence-corrected chi connectivity index (χ3v) is 5.68. The molecule has 8 nitrogen and oxygen atoms in total. The number of nitriles is 1. The molecule has 30 heavy (non-hydrogen) atoms. The number of nitrogens with zero attached hydrogens (tertiary/aromatic N) is 4. The summed E-state index contributed by atoms with van der Waals surface area (Å²) in [5.74, 6) is -0.167. The summed E-state index contributed by atoms with van der Waals surface area (Å²) in [5, 5.41) is 11.9. The van der Waals surface area contributed by atoms with Crippen LogP contribution in [0.15, 0.2) is 30.3 Å². The maximum atomic E-state index is 13.2. The smallest absolute Gasteiger partial charge is 0.321 e. The highest BCUT2D eigenvalue weighted by atomic mass is 16.5. The van der Waals surface area contributed by atoms with Gasteiger partial charge < -0.3 is 19.9 Å². The molecule has 0 aromatic heterocycles. The Morgan fingerprint density at radius 3 is 2.67 bits per heavy atom. The number of hydrogen-bond donors (Lipinski definition) is 1. The maximum Gasteiger partial charge on any atom is 0.321 e. The van der Waals surface area contributed by atoms with Gasteiger partial charge in [-0.3, -0.25) is 9.69 Å². The van der Waals surface area contributed by atoms with Crippen LogP contribution in [0, 0.1) is 17.2 Å². The van der Waals surface area contributed by atoms with Gasteiger partial charge in [0.2, 0.25) is 5.91 Å². The molecular formula is C22H31N5O3. The zero-order valence-electron chi connectivity index (χ0n) is 17.5. The van der Waals surface area contributed by atoms with E-state index in [1.54, 1.807) is 4.90 Å². The van der Waals surface area contributed by atoms with Gasteiger partial charge in [-0.1, -0.05) is 18.2 Å². The number of hydrogen-bond acceptors (Lipinski definition) is 5. The second-order valence-electron chi connectivity index (χ2n) is 7.77. The van der Waals surface area contributed by atoms with Crippen molar-refractivity contribution in [3.8, 4) is 6.07 Å². The lowest BCUT2D eigenvalue weighted by Gasteiger charge is -2.36. The van der Waals surface area contributed by atoms with Gasteiger partial charge in [-0.25, -0.2) is 4.79 Å². The number of morpholine rings is 1. The van der Waals surface area contributed by atoms with E-state index in [-0.39, 0.29) is 17.9 Å². The van der Waals surface area contributed by atoms with E-state index in [0.717, 1.165) is 51.4 Å². The van der Waals surface area contributed by atoms with Crippen molar-refractivity contribution < 1.29 is 14.3 Å². The number of urea groups is 1. The van der Waals surface area contributed by atoms with Crippen LogP contribution in [-0.4, -0.2) is 85.7 Å². The van der Waals surface area contributed by atoms with E-state index < -0.39 is 0 Å². The Balaban J connectivity index is 1.55. The average molecular weight is 414 g/mol. The quantitative estimate of drug-likeness (QED) is 0.739. The monoisotopic (exact) mass is 413 g/mol. The molecule has 2 aliphatic rings. The molecule has 2 fully saturated rings. The summed E-state index contributed by atoms with van der Waals surface area (Å²) < 4.78 is 5.38. The van der Waals surface area contributed by atoms with Gasteiger partial charge in [0.15, 0.2) is 0 Å². The summed E-state index contributed by atoms with van der Waals surface area (Å²) in [6, 6.07) is 11.3. The molecule has 0 bridgehead atoms. The zero-order chi connectivity index (χ0) is 21.2. The topological polar surface area (TPSA) is 88.9 Å². The van der Waals surface area contributed by atoms with Crippen molar-refractivity contribution in [2.45, 2.75) is 19.3 Å². The van der Waals surface area contributed by atoms with Crippen molar-refractivity contribution in [2.24, 2.45) is 5.92 Å². The van der Waals surface area contributed by atoms with Gasteiger partial charge in [0.1, 0.15) is 0 Å². The van der Waals surface area contributed by atoms with Gasteiger partial charge >= 0.3 is 6.03 Å². The first kappa shape index (κ1) is 22.1. The third-order valence-electron chi connectivity index (χ3n) is 5.68.